The first-order valence-electron chi connectivity index (χ1n) is 7.56. The summed E-state index contributed by atoms with van der Waals surface area (Å²) in [5, 5.41) is 0.629. The molecule has 0 N–H and O–H groups in total. The van der Waals surface area contributed by atoms with Crippen molar-refractivity contribution in [2.75, 3.05) is 13.7 Å². The number of methoxy groups -OCH3 is 1. The van der Waals surface area contributed by atoms with Gasteiger partial charge in [-0.15, -0.1) is 0 Å². The van der Waals surface area contributed by atoms with Crippen LogP contribution >= 0.6 is 11.6 Å². The van der Waals surface area contributed by atoms with E-state index in [0.717, 1.165) is 11.1 Å². The third-order valence-corrected chi connectivity index (χ3v) is 3.78. The number of hydrogen-bond acceptors (Lipinski definition) is 4. The number of rotatable bonds is 7. The van der Waals surface area contributed by atoms with E-state index in [1.165, 1.54) is 7.11 Å². The van der Waals surface area contributed by atoms with Gasteiger partial charge in [0.1, 0.15) is 0 Å². The van der Waals surface area contributed by atoms with Crippen molar-refractivity contribution in [3.05, 3.63) is 64.9 Å². The molecule has 1 aromatic heterocycles. The summed E-state index contributed by atoms with van der Waals surface area (Å²) < 4.78 is 4.66. The number of ether oxygens (including phenoxy) is 1. The second kappa shape index (κ2) is 9.03. The lowest BCUT2D eigenvalue weighted by molar-refractivity contribution is -0.141. The highest BCUT2D eigenvalue weighted by atomic mass is 35.5. The van der Waals surface area contributed by atoms with E-state index in [-0.39, 0.29) is 24.7 Å². The van der Waals surface area contributed by atoms with Crippen LogP contribution in [0.1, 0.15) is 17.5 Å². The van der Waals surface area contributed by atoms with E-state index in [4.69, 9.17) is 11.6 Å². The van der Waals surface area contributed by atoms with E-state index in [1.807, 2.05) is 24.3 Å². The molecule has 0 saturated heterocycles. The molecule has 2 rings (SSSR count). The van der Waals surface area contributed by atoms with E-state index < -0.39 is 0 Å². The second-order valence-electron chi connectivity index (χ2n) is 5.31. The molecule has 2 aromatic rings. The molecule has 0 spiro atoms. The molecule has 5 nitrogen and oxygen atoms in total. The lowest BCUT2D eigenvalue weighted by atomic mass is 10.1. The molecule has 24 heavy (non-hydrogen) atoms. The van der Waals surface area contributed by atoms with E-state index in [0.29, 0.717) is 18.1 Å². The zero-order valence-electron chi connectivity index (χ0n) is 13.4. The molecule has 0 bridgehead atoms. The van der Waals surface area contributed by atoms with Crippen molar-refractivity contribution < 1.29 is 14.3 Å². The maximum Gasteiger partial charge on any atom is 0.307 e. The minimum Gasteiger partial charge on any atom is -0.469 e. The van der Waals surface area contributed by atoms with E-state index >= 15 is 0 Å². The van der Waals surface area contributed by atoms with Crippen molar-refractivity contribution in [1.82, 2.24) is 9.88 Å². The van der Waals surface area contributed by atoms with Gasteiger partial charge in [-0.1, -0.05) is 29.8 Å². The number of halogens is 1. The first-order valence-corrected chi connectivity index (χ1v) is 7.94. The third-order valence-electron chi connectivity index (χ3n) is 3.53. The molecule has 0 aliphatic rings. The molecular formula is C18H19ClN2O3. The Kier molecular flexibility index (Phi) is 6.75. The topological polar surface area (TPSA) is 59.5 Å². The van der Waals surface area contributed by atoms with Crippen LogP contribution in [0.5, 0.6) is 0 Å². The minimum absolute atomic E-state index is 0.0647. The van der Waals surface area contributed by atoms with Crippen molar-refractivity contribution in [2.24, 2.45) is 0 Å². The zero-order valence-corrected chi connectivity index (χ0v) is 14.2. The van der Waals surface area contributed by atoms with Gasteiger partial charge in [0.15, 0.2) is 0 Å². The van der Waals surface area contributed by atoms with Crippen LogP contribution in [-0.4, -0.2) is 35.4 Å². The van der Waals surface area contributed by atoms with Crippen LogP contribution in [0.2, 0.25) is 5.02 Å². The second-order valence-corrected chi connectivity index (χ2v) is 5.74. The molecule has 1 aromatic carbocycles. The lowest BCUT2D eigenvalue weighted by Gasteiger charge is -2.22. The Morgan fingerprint density at radius 3 is 2.54 bits per heavy atom. The average molecular weight is 347 g/mol. The predicted octanol–water partition coefficient (Wildman–Crippen LogP) is 2.87. The van der Waals surface area contributed by atoms with Crippen LogP contribution in [-0.2, 0) is 27.3 Å². The fourth-order valence-electron chi connectivity index (χ4n) is 2.22. The maximum atomic E-state index is 12.6. The predicted molar refractivity (Wildman–Crippen MR) is 91.4 cm³/mol. The quantitative estimate of drug-likeness (QED) is 0.723. The summed E-state index contributed by atoms with van der Waals surface area (Å²) in [6.45, 7) is 0.700. The number of esters is 1. The Morgan fingerprint density at radius 1 is 1.17 bits per heavy atom. The molecule has 1 amide bonds. The fraction of sp³-hybridized carbons (Fsp3) is 0.278. The van der Waals surface area contributed by atoms with Gasteiger partial charge in [-0.3, -0.25) is 14.6 Å². The van der Waals surface area contributed by atoms with Crippen LogP contribution in [0.4, 0.5) is 0 Å². The summed E-state index contributed by atoms with van der Waals surface area (Å²) in [5.74, 6) is -0.407. The number of benzene rings is 1. The summed E-state index contributed by atoms with van der Waals surface area (Å²) in [5.41, 5.74) is 1.78. The van der Waals surface area contributed by atoms with E-state index in [1.54, 1.807) is 29.4 Å². The standard InChI is InChI=1S/C18H19ClN2O3/c1-24-18(23)8-10-21(13-15-3-2-9-20-12-15)17(22)11-14-4-6-16(19)7-5-14/h2-7,9,12H,8,10-11,13H2,1H3. The fourth-order valence-corrected chi connectivity index (χ4v) is 2.35. The number of carbonyl (C=O) groups is 2. The van der Waals surface area contributed by atoms with Crippen molar-refractivity contribution in [3.63, 3.8) is 0 Å². The smallest absolute Gasteiger partial charge is 0.307 e. The monoisotopic (exact) mass is 346 g/mol. The maximum absolute atomic E-state index is 12.6. The molecule has 0 saturated carbocycles. The van der Waals surface area contributed by atoms with Gasteiger partial charge in [0, 0.05) is 30.5 Å². The van der Waals surface area contributed by atoms with Crippen LogP contribution in [0.3, 0.4) is 0 Å². The number of pyridine rings is 1. The number of amides is 1. The molecular weight excluding hydrogens is 328 g/mol. The highest BCUT2D eigenvalue weighted by Gasteiger charge is 2.16. The van der Waals surface area contributed by atoms with Gasteiger partial charge in [0.25, 0.3) is 0 Å². The van der Waals surface area contributed by atoms with Crippen molar-refractivity contribution >= 4 is 23.5 Å². The lowest BCUT2D eigenvalue weighted by Crippen LogP contribution is -2.34. The number of hydrogen-bond donors (Lipinski definition) is 0. The minimum atomic E-state index is -0.342. The van der Waals surface area contributed by atoms with Crippen LogP contribution in [0.25, 0.3) is 0 Å². The molecule has 0 radical (unpaired) electrons. The van der Waals surface area contributed by atoms with Gasteiger partial charge in [0.2, 0.25) is 5.91 Å². The molecule has 126 valence electrons. The number of nitrogens with zero attached hydrogens (tertiary/aromatic N) is 2. The van der Waals surface area contributed by atoms with E-state index in [9.17, 15) is 9.59 Å². The number of aromatic nitrogens is 1. The molecule has 6 heteroatoms. The van der Waals surface area contributed by atoms with Gasteiger partial charge >= 0.3 is 5.97 Å². The first kappa shape index (κ1) is 17.9. The summed E-state index contributed by atoms with van der Waals surface area (Å²) in [7, 11) is 1.34. The zero-order chi connectivity index (χ0) is 17.4. The van der Waals surface area contributed by atoms with Crippen LogP contribution < -0.4 is 0 Å². The molecule has 1 heterocycles. The molecule has 0 atom stereocenters. The summed E-state index contributed by atoms with van der Waals surface area (Å²) >= 11 is 5.86. The molecule has 0 aliphatic heterocycles. The average Bonchev–Trinajstić information content (AvgIpc) is 2.61. The van der Waals surface area contributed by atoms with Gasteiger partial charge < -0.3 is 9.64 Å². The molecule has 0 aliphatic carbocycles. The van der Waals surface area contributed by atoms with E-state index in [2.05, 4.69) is 9.72 Å². The van der Waals surface area contributed by atoms with Crippen molar-refractivity contribution in [2.45, 2.75) is 19.4 Å². The van der Waals surface area contributed by atoms with Crippen LogP contribution in [0.15, 0.2) is 48.8 Å². The van der Waals surface area contributed by atoms with Crippen molar-refractivity contribution in [1.29, 1.82) is 0 Å². The van der Waals surface area contributed by atoms with Gasteiger partial charge in [-0.05, 0) is 29.3 Å². The van der Waals surface area contributed by atoms with Gasteiger partial charge in [0.05, 0.1) is 20.0 Å². The summed E-state index contributed by atoms with van der Waals surface area (Å²) in [6.07, 6.45) is 3.79. The number of carbonyl (C=O) groups excluding carboxylic acids is 2. The molecule has 0 unspecified atom stereocenters. The summed E-state index contributed by atoms with van der Waals surface area (Å²) in [4.78, 5) is 29.7. The SMILES string of the molecule is COC(=O)CCN(Cc1cccnc1)C(=O)Cc1ccc(Cl)cc1. The van der Waals surface area contributed by atoms with Gasteiger partial charge in [-0.2, -0.15) is 0 Å². The Labute approximate surface area is 146 Å². The first-order chi connectivity index (χ1) is 11.6. The van der Waals surface area contributed by atoms with Crippen LogP contribution in [0, 0.1) is 0 Å². The highest BCUT2D eigenvalue weighted by Crippen LogP contribution is 2.12. The third kappa shape index (κ3) is 5.66. The molecule has 0 fully saturated rings. The highest BCUT2D eigenvalue weighted by molar-refractivity contribution is 6.30. The van der Waals surface area contributed by atoms with Gasteiger partial charge in [-0.25, -0.2) is 0 Å². The summed E-state index contributed by atoms with van der Waals surface area (Å²) in [6, 6.07) is 10.9. The van der Waals surface area contributed by atoms with Crippen molar-refractivity contribution in [3.8, 4) is 0 Å². The Bertz CT molecular complexity index is 674. The normalized spacial score (nSPS) is 10.2. The Hall–Kier alpha value is -2.40. The Morgan fingerprint density at radius 2 is 1.92 bits per heavy atom. The Balaban J connectivity index is 2.06. The largest absolute Gasteiger partial charge is 0.469 e.